The number of carbonyl (C=O) groups excluding carboxylic acids is 2. The van der Waals surface area contributed by atoms with Crippen molar-refractivity contribution in [3.05, 3.63) is 41.3 Å². The number of pyridine rings is 1. The van der Waals surface area contributed by atoms with Crippen LogP contribution in [-0.2, 0) is 17.6 Å². The van der Waals surface area contributed by atoms with Crippen LogP contribution >= 0.6 is 0 Å². The van der Waals surface area contributed by atoms with Gasteiger partial charge in [0, 0.05) is 76.3 Å². The Bertz CT molecular complexity index is 920. The summed E-state index contributed by atoms with van der Waals surface area (Å²) in [6.07, 6.45) is 5.18. The minimum absolute atomic E-state index is 0.0462. The molecule has 2 amide bonds. The summed E-state index contributed by atoms with van der Waals surface area (Å²) in [6.45, 7) is 6.68. The highest BCUT2D eigenvalue weighted by Gasteiger charge is 2.26. The molecule has 32 heavy (non-hydrogen) atoms. The first kappa shape index (κ1) is 22.4. The van der Waals surface area contributed by atoms with Crippen molar-refractivity contribution in [3.8, 4) is 0 Å². The van der Waals surface area contributed by atoms with Crippen molar-refractivity contribution in [1.29, 1.82) is 0 Å². The van der Waals surface area contributed by atoms with Crippen LogP contribution in [0.1, 0.15) is 59.9 Å². The van der Waals surface area contributed by atoms with Crippen LogP contribution in [0, 0.1) is 0 Å². The fourth-order valence-corrected chi connectivity index (χ4v) is 4.32. The molecular weight excluding hydrogens is 408 g/mol. The van der Waals surface area contributed by atoms with Crippen molar-refractivity contribution < 1.29 is 14.1 Å². The molecule has 0 radical (unpaired) electrons. The molecule has 2 fully saturated rings. The van der Waals surface area contributed by atoms with E-state index >= 15 is 0 Å². The second-order valence-corrected chi connectivity index (χ2v) is 8.70. The van der Waals surface area contributed by atoms with Crippen LogP contribution in [0.5, 0.6) is 0 Å². The standard InChI is InChI=1S/C23H32N6O3/c1-3-20-25-21(32-26-20)8-9-22(30)29-10-4-5-18(16-29)19-7-6-17(15-24-19)23(31)28-13-11-27(2)12-14-28/h6-7,15,18H,3-5,8-14,16H2,1-2H3. The maximum atomic E-state index is 12.7. The first-order chi connectivity index (χ1) is 15.5. The number of piperazine rings is 1. The molecule has 2 aromatic rings. The van der Waals surface area contributed by atoms with Gasteiger partial charge in [-0.15, -0.1) is 0 Å². The lowest BCUT2D eigenvalue weighted by atomic mass is 9.93. The molecule has 9 heteroatoms. The lowest BCUT2D eigenvalue weighted by molar-refractivity contribution is -0.132. The zero-order chi connectivity index (χ0) is 22.5. The Balaban J connectivity index is 1.31. The molecule has 9 nitrogen and oxygen atoms in total. The molecule has 4 heterocycles. The normalized spacial score (nSPS) is 19.9. The fourth-order valence-electron chi connectivity index (χ4n) is 4.32. The summed E-state index contributed by atoms with van der Waals surface area (Å²) in [5.74, 6) is 1.53. The Labute approximate surface area is 188 Å². The third kappa shape index (κ3) is 5.32. The van der Waals surface area contributed by atoms with E-state index in [0.717, 1.165) is 57.7 Å². The van der Waals surface area contributed by atoms with Crippen molar-refractivity contribution in [3.63, 3.8) is 0 Å². The Morgan fingerprint density at radius 1 is 1.12 bits per heavy atom. The topological polar surface area (TPSA) is 95.7 Å². The number of likely N-dealkylation sites (tertiary alicyclic amines) is 1. The molecule has 1 atom stereocenters. The van der Waals surface area contributed by atoms with Crippen molar-refractivity contribution in [2.45, 2.75) is 44.9 Å². The monoisotopic (exact) mass is 440 g/mol. The van der Waals surface area contributed by atoms with E-state index in [2.05, 4.69) is 27.1 Å². The van der Waals surface area contributed by atoms with Gasteiger partial charge in [0.25, 0.3) is 5.91 Å². The summed E-state index contributed by atoms with van der Waals surface area (Å²) >= 11 is 0. The first-order valence-electron chi connectivity index (χ1n) is 11.6. The first-order valence-corrected chi connectivity index (χ1v) is 11.6. The largest absolute Gasteiger partial charge is 0.342 e. The van der Waals surface area contributed by atoms with Crippen LogP contribution in [0.2, 0.25) is 0 Å². The molecule has 2 saturated heterocycles. The summed E-state index contributed by atoms with van der Waals surface area (Å²) in [7, 11) is 2.07. The lowest BCUT2D eigenvalue weighted by Crippen LogP contribution is -2.47. The molecule has 0 aromatic carbocycles. The highest BCUT2D eigenvalue weighted by atomic mass is 16.5. The predicted octanol–water partition coefficient (Wildman–Crippen LogP) is 1.75. The van der Waals surface area contributed by atoms with Crippen molar-refractivity contribution >= 4 is 11.8 Å². The fraction of sp³-hybridized carbons (Fsp3) is 0.609. The number of hydrogen-bond donors (Lipinski definition) is 0. The SMILES string of the molecule is CCc1noc(CCC(=O)N2CCCC(c3ccc(C(=O)N4CCN(C)CC4)cn3)C2)n1. The minimum atomic E-state index is 0.0462. The zero-order valence-electron chi connectivity index (χ0n) is 19.0. The molecule has 0 bridgehead atoms. The second-order valence-electron chi connectivity index (χ2n) is 8.70. The number of aromatic nitrogens is 3. The highest BCUT2D eigenvalue weighted by Crippen LogP contribution is 2.26. The number of carbonyl (C=O) groups is 2. The average Bonchev–Trinajstić information content (AvgIpc) is 3.31. The summed E-state index contributed by atoms with van der Waals surface area (Å²) in [5.41, 5.74) is 1.58. The van der Waals surface area contributed by atoms with Crippen molar-refractivity contribution in [1.82, 2.24) is 29.8 Å². The van der Waals surface area contributed by atoms with Crippen LogP contribution in [0.25, 0.3) is 0 Å². The third-order valence-corrected chi connectivity index (χ3v) is 6.40. The van der Waals surface area contributed by atoms with E-state index in [1.807, 2.05) is 28.9 Å². The molecule has 2 aliphatic rings. The van der Waals surface area contributed by atoms with E-state index in [1.165, 1.54) is 0 Å². The Morgan fingerprint density at radius 2 is 1.94 bits per heavy atom. The van der Waals surface area contributed by atoms with Gasteiger partial charge in [0.05, 0.1) is 5.56 Å². The van der Waals surface area contributed by atoms with Gasteiger partial charge >= 0.3 is 0 Å². The number of rotatable bonds is 6. The molecular formula is C23H32N6O3. The number of likely N-dealkylation sites (N-methyl/N-ethyl adjacent to an activating group) is 1. The molecule has 0 N–H and O–H groups in total. The van der Waals surface area contributed by atoms with Crippen LogP contribution in [0.15, 0.2) is 22.9 Å². The van der Waals surface area contributed by atoms with Crippen LogP contribution in [0.4, 0.5) is 0 Å². The zero-order valence-corrected chi connectivity index (χ0v) is 19.0. The van der Waals surface area contributed by atoms with E-state index in [9.17, 15) is 9.59 Å². The van der Waals surface area contributed by atoms with Gasteiger partial charge in [-0.3, -0.25) is 14.6 Å². The molecule has 2 aliphatic heterocycles. The molecule has 0 aliphatic carbocycles. The van der Waals surface area contributed by atoms with Gasteiger partial charge in [0.1, 0.15) is 0 Å². The Hall–Kier alpha value is -2.81. The minimum Gasteiger partial charge on any atom is -0.342 e. The average molecular weight is 441 g/mol. The molecule has 0 saturated carbocycles. The van der Waals surface area contributed by atoms with Crippen molar-refractivity contribution in [2.75, 3.05) is 46.3 Å². The van der Waals surface area contributed by atoms with Gasteiger partial charge in [-0.25, -0.2) is 0 Å². The third-order valence-electron chi connectivity index (χ3n) is 6.40. The summed E-state index contributed by atoms with van der Waals surface area (Å²) in [6, 6.07) is 3.83. The lowest BCUT2D eigenvalue weighted by Gasteiger charge is -2.33. The number of aryl methyl sites for hydroxylation is 2. The molecule has 172 valence electrons. The molecule has 1 unspecified atom stereocenters. The maximum absolute atomic E-state index is 12.7. The van der Waals surface area contributed by atoms with Gasteiger partial charge in [-0.05, 0) is 32.0 Å². The molecule has 0 spiro atoms. The van der Waals surface area contributed by atoms with E-state index in [1.54, 1.807) is 6.20 Å². The predicted molar refractivity (Wildman–Crippen MR) is 118 cm³/mol. The smallest absolute Gasteiger partial charge is 0.255 e. The van der Waals surface area contributed by atoms with Crippen molar-refractivity contribution in [2.24, 2.45) is 0 Å². The Kier molecular flexibility index (Phi) is 7.14. The summed E-state index contributed by atoms with van der Waals surface area (Å²) in [4.78, 5) is 40.4. The maximum Gasteiger partial charge on any atom is 0.255 e. The van der Waals surface area contributed by atoms with Gasteiger partial charge in [0.2, 0.25) is 11.8 Å². The highest BCUT2D eigenvalue weighted by molar-refractivity contribution is 5.94. The van der Waals surface area contributed by atoms with E-state index in [0.29, 0.717) is 36.7 Å². The summed E-state index contributed by atoms with van der Waals surface area (Å²) < 4.78 is 5.19. The van der Waals surface area contributed by atoms with Gasteiger partial charge < -0.3 is 19.2 Å². The quantitative estimate of drug-likeness (QED) is 0.675. The number of hydrogen-bond acceptors (Lipinski definition) is 7. The number of piperidine rings is 1. The van der Waals surface area contributed by atoms with Crippen LogP contribution < -0.4 is 0 Å². The van der Waals surface area contributed by atoms with Gasteiger partial charge in [-0.1, -0.05) is 12.1 Å². The van der Waals surface area contributed by atoms with Crippen LogP contribution in [0.3, 0.4) is 0 Å². The number of nitrogens with zero attached hydrogens (tertiary/aromatic N) is 6. The Morgan fingerprint density at radius 3 is 2.62 bits per heavy atom. The molecule has 2 aromatic heterocycles. The molecule has 4 rings (SSSR count). The van der Waals surface area contributed by atoms with E-state index in [-0.39, 0.29) is 17.7 Å². The summed E-state index contributed by atoms with van der Waals surface area (Å²) in [5, 5.41) is 3.88. The van der Waals surface area contributed by atoms with Gasteiger partial charge in [-0.2, -0.15) is 4.98 Å². The van der Waals surface area contributed by atoms with E-state index < -0.39 is 0 Å². The number of amides is 2. The van der Waals surface area contributed by atoms with Crippen LogP contribution in [-0.4, -0.2) is 88.0 Å². The second kappa shape index (κ2) is 10.2. The van der Waals surface area contributed by atoms with Gasteiger partial charge in [0.15, 0.2) is 5.82 Å². The van der Waals surface area contributed by atoms with E-state index in [4.69, 9.17) is 4.52 Å².